The molecule has 8 heteroatoms. The Labute approximate surface area is 167 Å². The maximum atomic E-state index is 12.7. The molecule has 0 amide bonds. The number of allylic oxidation sites excluding steroid dienone is 1. The maximum Gasteiger partial charge on any atom is 0.343 e. The number of fused-ring (bicyclic) bond motifs is 1. The molecule has 0 unspecified atom stereocenters. The second kappa shape index (κ2) is 8.55. The van der Waals surface area contributed by atoms with Gasteiger partial charge in [-0.25, -0.2) is 4.79 Å². The van der Waals surface area contributed by atoms with Crippen molar-refractivity contribution in [3.63, 3.8) is 0 Å². The van der Waals surface area contributed by atoms with Crippen molar-refractivity contribution < 1.29 is 38.0 Å². The van der Waals surface area contributed by atoms with Gasteiger partial charge in [0.25, 0.3) is 0 Å². The Morgan fingerprint density at radius 3 is 2.45 bits per heavy atom. The van der Waals surface area contributed by atoms with Gasteiger partial charge in [0.05, 0.1) is 34.0 Å². The molecule has 2 aromatic rings. The molecule has 0 N–H and O–H groups in total. The lowest BCUT2D eigenvalue weighted by Gasteiger charge is -2.13. The van der Waals surface area contributed by atoms with Gasteiger partial charge < -0.3 is 28.4 Å². The summed E-state index contributed by atoms with van der Waals surface area (Å²) in [5.41, 5.74) is 0.942. The molecule has 0 fully saturated rings. The molecule has 1 aliphatic heterocycles. The number of rotatable bonds is 7. The van der Waals surface area contributed by atoms with E-state index in [0.29, 0.717) is 39.9 Å². The normalized spacial score (nSPS) is 13.5. The Morgan fingerprint density at radius 1 is 1.00 bits per heavy atom. The van der Waals surface area contributed by atoms with Crippen LogP contribution < -0.4 is 23.7 Å². The average Bonchev–Trinajstić information content (AvgIpc) is 3.05. The number of ether oxygens (including phenoxy) is 6. The molecule has 0 saturated heterocycles. The summed E-state index contributed by atoms with van der Waals surface area (Å²) in [6.45, 7) is -0.243. The molecule has 152 valence electrons. The lowest BCUT2D eigenvalue weighted by atomic mass is 10.1. The third-order valence-corrected chi connectivity index (χ3v) is 4.23. The van der Waals surface area contributed by atoms with Crippen LogP contribution in [0.4, 0.5) is 0 Å². The second-order valence-electron chi connectivity index (χ2n) is 5.91. The number of Topliss-reactive ketones (excluding diaryl/α,β-unsaturated/α-hetero) is 1. The zero-order chi connectivity index (χ0) is 21.0. The van der Waals surface area contributed by atoms with E-state index >= 15 is 0 Å². The van der Waals surface area contributed by atoms with Crippen LogP contribution in [-0.4, -0.2) is 46.8 Å². The first-order chi connectivity index (χ1) is 14.0. The van der Waals surface area contributed by atoms with Crippen LogP contribution in [0.5, 0.6) is 28.7 Å². The van der Waals surface area contributed by atoms with Crippen LogP contribution >= 0.6 is 0 Å². The van der Waals surface area contributed by atoms with Crippen molar-refractivity contribution in [2.75, 3.05) is 35.0 Å². The SMILES string of the molecule is COC(=O)COc1ccc2c(c1)O/C(=C/c1cc(OC)cc(OC)c1OC)C2=O. The van der Waals surface area contributed by atoms with Gasteiger partial charge in [0.15, 0.2) is 23.9 Å². The van der Waals surface area contributed by atoms with E-state index in [-0.39, 0.29) is 18.1 Å². The second-order valence-corrected chi connectivity index (χ2v) is 5.91. The first-order valence-electron chi connectivity index (χ1n) is 8.58. The summed E-state index contributed by atoms with van der Waals surface area (Å²) in [7, 11) is 5.82. The zero-order valence-corrected chi connectivity index (χ0v) is 16.4. The lowest BCUT2D eigenvalue weighted by Crippen LogP contribution is -2.12. The van der Waals surface area contributed by atoms with E-state index in [0.717, 1.165) is 0 Å². The van der Waals surface area contributed by atoms with Crippen molar-refractivity contribution in [3.8, 4) is 28.7 Å². The molecule has 8 nitrogen and oxygen atoms in total. The van der Waals surface area contributed by atoms with Crippen LogP contribution in [-0.2, 0) is 9.53 Å². The van der Waals surface area contributed by atoms with Crippen molar-refractivity contribution in [2.45, 2.75) is 0 Å². The van der Waals surface area contributed by atoms with Gasteiger partial charge in [-0.3, -0.25) is 4.79 Å². The van der Waals surface area contributed by atoms with E-state index in [9.17, 15) is 9.59 Å². The van der Waals surface area contributed by atoms with Gasteiger partial charge in [-0.05, 0) is 24.3 Å². The maximum absolute atomic E-state index is 12.7. The first-order valence-corrected chi connectivity index (χ1v) is 8.58. The van der Waals surface area contributed by atoms with Gasteiger partial charge in [-0.1, -0.05) is 0 Å². The molecule has 0 aromatic heterocycles. The summed E-state index contributed by atoms with van der Waals surface area (Å²) in [5, 5.41) is 0. The molecule has 1 aliphatic rings. The summed E-state index contributed by atoms with van der Waals surface area (Å²) in [6.07, 6.45) is 1.56. The highest BCUT2D eigenvalue weighted by Gasteiger charge is 2.28. The van der Waals surface area contributed by atoms with Crippen molar-refractivity contribution in [1.82, 2.24) is 0 Å². The predicted molar refractivity (Wildman–Crippen MR) is 103 cm³/mol. The highest BCUT2D eigenvalue weighted by Crippen LogP contribution is 2.39. The number of hydrogen-bond acceptors (Lipinski definition) is 8. The Balaban J connectivity index is 1.92. The van der Waals surface area contributed by atoms with Crippen LogP contribution in [0.3, 0.4) is 0 Å². The third kappa shape index (κ3) is 4.11. The third-order valence-electron chi connectivity index (χ3n) is 4.23. The average molecular weight is 400 g/mol. The van der Waals surface area contributed by atoms with Crippen molar-refractivity contribution in [2.24, 2.45) is 0 Å². The summed E-state index contributed by atoms with van der Waals surface area (Å²) < 4.78 is 31.6. The van der Waals surface area contributed by atoms with E-state index in [4.69, 9.17) is 23.7 Å². The van der Waals surface area contributed by atoms with Crippen LogP contribution in [0.2, 0.25) is 0 Å². The number of hydrogen-bond donors (Lipinski definition) is 0. The molecular formula is C21H20O8. The molecule has 0 bridgehead atoms. The van der Waals surface area contributed by atoms with Gasteiger partial charge in [-0.2, -0.15) is 0 Å². The number of carbonyl (C=O) groups is 2. The largest absolute Gasteiger partial charge is 0.497 e. The van der Waals surface area contributed by atoms with Gasteiger partial charge in [-0.15, -0.1) is 0 Å². The monoisotopic (exact) mass is 400 g/mol. The number of esters is 1. The smallest absolute Gasteiger partial charge is 0.343 e. The highest BCUT2D eigenvalue weighted by atomic mass is 16.6. The fraction of sp³-hybridized carbons (Fsp3) is 0.238. The minimum atomic E-state index is -0.512. The number of ketones is 1. The summed E-state index contributed by atoms with van der Waals surface area (Å²) in [6, 6.07) is 8.09. The Hall–Kier alpha value is -3.68. The molecule has 0 radical (unpaired) electrons. The fourth-order valence-corrected chi connectivity index (χ4v) is 2.79. The standard InChI is InChI=1S/C21H20O8/c1-24-14-7-12(21(27-4)18(10-14)25-2)8-17-20(23)15-6-5-13(9-16(15)29-17)28-11-19(22)26-3/h5-10H,11H2,1-4H3/b17-8+. The van der Waals surface area contributed by atoms with Crippen LogP contribution in [0.25, 0.3) is 6.08 Å². The summed E-state index contributed by atoms with van der Waals surface area (Å²) in [5.74, 6) is 1.46. The first kappa shape index (κ1) is 20.1. The van der Waals surface area contributed by atoms with Crippen LogP contribution in [0.1, 0.15) is 15.9 Å². The lowest BCUT2D eigenvalue weighted by molar-refractivity contribution is -0.142. The van der Waals surface area contributed by atoms with Gasteiger partial charge in [0, 0.05) is 17.7 Å². The molecule has 2 aromatic carbocycles. The molecule has 1 heterocycles. The minimum absolute atomic E-state index is 0.110. The van der Waals surface area contributed by atoms with Gasteiger partial charge >= 0.3 is 5.97 Å². The Kier molecular flexibility index (Phi) is 5.92. The number of methoxy groups -OCH3 is 4. The molecule has 0 spiro atoms. The Bertz CT molecular complexity index is 977. The quantitative estimate of drug-likeness (QED) is 0.518. The molecular weight excluding hydrogens is 380 g/mol. The molecule has 29 heavy (non-hydrogen) atoms. The molecule has 0 aliphatic carbocycles. The van der Waals surface area contributed by atoms with Crippen molar-refractivity contribution >= 4 is 17.8 Å². The van der Waals surface area contributed by atoms with Crippen LogP contribution in [0, 0.1) is 0 Å². The topological polar surface area (TPSA) is 89.5 Å². The van der Waals surface area contributed by atoms with E-state index in [1.165, 1.54) is 28.4 Å². The number of benzene rings is 2. The summed E-state index contributed by atoms with van der Waals surface area (Å²) >= 11 is 0. The van der Waals surface area contributed by atoms with E-state index < -0.39 is 5.97 Å². The fourth-order valence-electron chi connectivity index (χ4n) is 2.79. The Morgan fingerprint density at radius 2 is 1.79 bits per heavy atom. The van der Waals surface area contributed by atoms with Crippen LogP contribution in [0.15, 0.2) is 36.1 Å². The molecule has 0 atom stereocenters. The van der Waals surface area contributed by atoms with Gasteiger partial charge in [0.1, 0.15) is 17.2 Å². The highest BCUT2D eigenvalue weighted by molar-refractivity contribution is 6.14. The zero-order valence-electron chi connectivity index (χ0n) is 16.4. The molecule has 0 saturated carbocycles. The summed E-state index contributed by atoms with van der Waals surface area (Å²) in [4.78, 5) is 23.9. The predicted octanol–water partition coefficient (Wildman–Crippen LogP) is 2.88. The van der Waals surface area contributed by atoms with E-state index in [1.807, 2.05) is 0 Å². The van der Waals surface area contributed by atoms with Gasteiger partial charge in [0.2, 0.25) is 5.78 Å². The van der Waals surface area contributed by atoms with E-state index in [1.54, 1.807) is 36.4 Å². The van der Waals surface area contributed by atoms with Crippen molar-refractivity contribution in [1.29, 1.82) is 0 Å². The van der Waals surface area contributed by atoms with E-state index in [2.05, 4.69) is 4.74 Å². The van der Waals surface area contributed by atoms with Crippen molar-refractivity contribution in [3.05, 3.63) is 47.2 Å². The molecule has 3 rings (SSSR count). The number of carbonyl (C=O) groups excluding carboxylic acids is 2. The minimum Gasteiger partial charge on any atom is -0.497 e.